The molecular formula is C25H31ClN6O. The number of pyridine rings is 2. The van der Waals surface area contributed by atoms with Crippen molar-refractivity contribution in [3.63, 3.8) is 0 Å². The average Bonchev–Trinajstić information content (AvgIpc) is 3.28. The Hall–Kier alpha value is -2.64. The van der Waals surface area contributed by atoms with E-state index < -0.39 is 0 Å². The number of aromatic nitrogens is 3. The van der Waals surface area contributed by atoms with Gasteiger partial charge in [0.1, 0.15) is 16.6 Å². The molecule has 0 spiro atoms. The van der Waals surface area contributed by atoms with Crippen LogP contribution < -0.4 is 16.0 Å². The number of amides is 1. The highest BCUT2D eigenvalue weighted by molar-refractivity contribution is 6.29. The number of carbonyl (C=O) groups excluding carboxylic acids is 1. The van der Waals surface area contributed by atoms with Crippen LogP contribution in [0.3, 0.4) is 0 Å². The van der Waals surface area contributed by atoms with Crippen LogP contribution in [0.1, 0.15) is 44.9 Å². The van der Waals surface area contributed by atoms with Crippen LogP contribution in [-0.4, -0.2) is 46.0 Å². The molecule has 4 heterocycles. The molecule has 0 bridgehead atoms. The molecule has 1 unspecified atom stereocenters. The number of anilines is 1. The molecule has 33 heavy (non-hydrogen) atoms. The van der Waals surface area contributed by atoms with Gasteiger partial charge in [-0.2, -0.15) is 0 Å². The largest absolute Gasteiger partial charge is 0.367 e. The van der Waals surface area contributed by atoms with E-state index in [1.165, 1.54) is 6.42 Å². The van der Waals surface area contributed by atoms with Gasteiger partial charge in [0.05, 0.1) is 6.04 Å². The summed E-state index contributed by atoms with van der Waals surface area (Å²) in [6, 6.07) is 8.30. The van der Waals surface area contributed by atoms with Crippen molar-refractivity contribution in [1.29, 1.82) is 0 Å². The Labute approximate surface area is 199 Å². The molecule has 5 rings (SSSR count). The first kappa shape index (κ1) is 22.2. The van der Waals surface area contributed by atoms with E-state index >= 15 is 0 Å². The lowest BCUT2D eigenvalue weighted by Crippen LogP contribution is -2.47. The molecule has 1 aliphatic carbocycles. The number of fused-ring (bicyclic) bond motifs is 1. The maximum atomic E-state index is 12.4. The van der Waals surface area contributed by atoms with E-state index in [4.69, 9.17) is 11.6 Å². The van der Waals surface area contributed by atoms with E-state index in [9.17, 15) is 4.79 Å². The molecule has 8 heteroatoms. The lowest BCUT2D eigenvalue weighted by molar-refractivity contribution is -0.123. The van der Waals surface area contributed by atoms with E-state index in [0.29, 0.717) is 17.1 Å². The lowest BCUT2D eigenvalue weighted by atomic mass is 9.86. The Morgan fingerprint density at radius 1 is 1.15 bits per heavy atom. The summed E-state index contributed by atoms with van der Waals surface area (Å²) in [6.07, 6.45) is 11.3. The number of nitrogens with zero attached hydrogens (tertiary/aromatic N) is 2. The fraction of sp³-hybridized carbons (Fsp3) is 0.480. The molecule has 2 aliphatic rings. The van der Waals surface area contributed by atoms with Gasteiger partial charge in [0, 0.05) is 35.9 Å². The molecule has 1 saturated carbocycles. The van der Waals surface area contributed by atoms with Gasteiger partial charge in [-0.1, -0.05) is 18.0 Å². The van der Waals surface area contributed by atoms with E-state index in [1.54, 1.807) is 6.20 Å². The van der Waals surface area contributed by atoms with Gasteiger partial charge in [0.25, 0.3) is 0 Å². The van der Waals surface area contributed by atoms with E-state index in [-0.39, 0.29) is 11.9 Å². The minimum absolute atomic E-state index is 0.00668. The summed E-state index contributed by atoms with van der Waals surface area (Å²) in [7, 11) is 0. The molecule has 0 aromatic carbocycles. The van der Waals surface area contributed by atoms with E-state index in [1.807, 2.05) is 18.3 Å². The highest BCUT2D eigenvalue weighted by Crippen LogP contribution is 2.32. The first-order valence-electron chi connectivity index (χ1n) is 12.0. The fourth-order valence-electron chi connectivity index (χ4n) is 5.08. The topological polar surface area (TPSA) is 94.7 Å². The van der Waals surface area contributed by atoms with Crippen molar-refractivity contribution in [3.8, 4) is 11.1 Å². The molecular weight excluding hydrogens is 436 g/mol. The summed E-state index contributed by atoms with van der Waals surface area (Å²) < 4.78 is 0. The highest BCUT2D eigenvalue weighted by atomic mass is 35.5. The van der Waals surface area contributed by atoms with Crippen LogP contribution in [-0.2, 0) is 4.79 Å². The predicted octanol–water partition coefficient (Wildman–Crippen LogP) is 4.51. The summed E-state index contributed by atoms with van der Waals surface area (Å²) >= 11 is 6.37. The second-order valence-corrected chi connectivity index (χ2v) is 9.66. The standard InChI is InChI=1S/C25H31ClN6O/c26-22-12-17(20-15-29-24-19(20)4-3-11-28-24)13-23(32-22)31-18-8-6-16(7-9-18)14-30-25(33)21-5-1-2-10-27-21/h3-4,11-13,15-16,18,21,27H,1-2,5-10,14H2,(H,28,29)(H,30,33)(H,31,32). The van der Waals surface area contributed by atoms with Crippen molar-refractivity contribution in [2.75, 3.05) is 18.4 Å². The van der Waals surface area contributed by atoms with Gasteiger partial charge in [0.2, 0.25) is 5.91 Å². The maximum Gasteiger partial charge on any atom is 0.237 e. The molecule has 4 N–H and O–H groups in total. The maximum absolute atomic E-state index is 12.4. The molecule has 1 atom stereocenters. The van der Waals surface area contributed by atoms with Crippen LogP contribution >= 0.6 is 11.6 Å². The number of halogens is 1. The predicted molar refractivity (Wildman–Crippen MR) is 132 cm³/mol. The lowest BCUT2D eigenvalue weighted by Gasteiger charge is -2.30. The quantitative estimate of drug-likeness (QED) is 0.401. The fourth-order valence-corrected chi connectivity index (χ4v) is 5.29. The number of carbonyl (C=O) groups is 1. The van der Waals surface area contributed by atoms with Crippen LogP contribution in [0.25, 0.3) is 22.2 Å². The van der Waals surface area contributed by atoms with Crippen LogP contribution in [0.15, 0.2) is 36.7 Å². The molecule has 174 valence electrons. The number of piperidine rings is 1. The molecule has 0 radical (unpaired) electrons. The Kier molecular flexibility index (Phi) is 6.78. The van der Waals surface area contributed by atoms with Gasteiger partial charge < -0.3 is 20.9 Å². The highest BCUT2D eigenvalue weighted by Gasteiger charge is 2.24. The third kappa shape index (κ3) is 5.31. The number of hydrogen-bond donors (Lipinski definition) is 4. The Morgan fingerprint density at radius 2 is 2.03 bits per heavy atom. The number of H-pyrrole nitrogens is 1. The van der Waals surface area contributed by atoms with Crippen molar-refractivity contribution in [2.45, 2.75) is 57.0 Å². The van der Waals surface area contributed by atoms with Crippen molar-refractivity contribution in [3.05, 3.63) is 41.8 Å². The zero-order valence-electron chi connectivity index (χ0n) is 18.7. The second kappa shape index (κ2) is 10.1. The average molecular weight is 467 g/mol. The molecule has 2 fully saturated rings. The van der Waals surface area contributed by atoms with Crippen molar-refractivity contribution < 1.29 is 4.79 Å². The van der Waals surface area contributed by atoms with E-state index in [0.717, 1.165) is 79.6 Å². The zero-order valence-corrected chi connectivity index (χ0v) is 19.5. The van der Waals surface area contributed by atoms with Gasteiger partial charge in [0.15, 0.2) is 0 Å². The third-order valence-electron chi connectivity index (χ3n) is 6.95. The summed E-state index contributed by atoms with van der Waals surface area (Å²) in [5.41, 5.74) is 2.95. The van der Waals surface area contributed by atoms with E-state index in [2.05, 4.69) is 43.0 Å². The van der Waals surface area contributed by atoms with Crippen LogP contribution in [0, 0.1) is 5.92 Å². The molecule has 1 aliphatic heterocycles. The van der Waals surface area contributed by atoms with Crippen molar-refractivity contribution >= 4 is 34.4 Å². The summed E-state index contributed by atoms with van der Waals surface area (Å²) in [6.45, 7) is 1.73. The molecule has 3 aromatic rings. The second-order valence-electron chi connectivity index (χ2n) is 9.28. The Bertz CT molecular complexity index is 1100. The SMILES string of the molecule is O=C(NCC1CCC(Nc2cc(-c3c[nH]c4ncccc34)cc(Cl)n2)CC1)C1CCCCN1. The van der Waals surface area contributed by atoms with Gasteiger partial charge in [-0.05, 0) is 80.8 Å². The van der Waals surface area contributed by atoms with Gasteiger partial charge in [-0.3, -0.25) is 4.79 Å². The van der Waals surface area contributed by atoms with Gasteiger partial charge >= 0.3 is 0 Å². The number of hydrogen-bond acceptors (Lipinski definition) is 5. The zero-order chi connectivity index (χ0) is 22.6. The number of aromatic amines is 1. The van der Waals surface area contributed by atoms with Crippen LogP contribution in [0.4, 0.5) is 5.82 Å². The van der Waals surface area contributed by atoms with Gasteiger partial charge in [-0.15, -0.1) is 0 Å². The minimum Gasteiger partial charge on any atom is -0.367 e. The summed E-state index contributed by atoms with van der Waals surface area (Å²) in [5.74, 6) is 1.51. The summed E-state index contributed by atoms with van der Waals surface area (Å²) in [4.78, 5) is 24.5. The monoisotopic (exact) mass is 466 g/mol. The molecule has 3 aromatic heterocycles. The summed E-state index contributed by atoms with van der Waals surface area (Å²) in [5, 5.41) is 11.6. The molecule has 1 amide bonds. The molecule has 1 saturated heterocycles. The first-order valence-corrected chi connectivity index (χ1v) is 12.4. The van der Waals surface area contributed by atoms with Crippen LogP contribution in [0.2, 0.25) is 5.15 Å². The minimum atomic E-state index is -0.00668. The Balaban J connectivity index is 1.16. The number of rotatable bonds is 6. The first-order chi connectivity index (χ1) is 16.2. The third-order valence-corrected chi connectivity index (χ3v) is 7.14. The smallest absolute Gasteiger partial charge is 0.237 e. The van der Waals surface area contributed by atoms with Gasteiger partial charge in [-0.25, -0.2) is 9.97 Å². The van der Waals surface area contributed by atoms with Crippen molar-refractivity contribution in [2.24, 2.45) is 5.92 Å². The normalized spacial score (nSPS) is 23.4. The molecule has 7 nitrogen and oxygen atoms in total. The van der Waals surface area contributed by atoms with Crippen molar-refractivity contribution in [1.82, 2.24) is 25.6 Å². The van der Waals surface area contributed by atoms with Crippen LogP contribution in [0.5, 0.6) is 0 Å². The Morgan fingerprint density at radius 3 is 2.85 bits per heavy atom. The number of nitrogens with one attached hydrogen (secondary N) is 4.